The largest absolute Gasteiger partial charge is 0.351 e. The van der Waals surface area contributed by atoms with Crippen LogP contribution in [-0.4, -0.2) is 4.57 Å². The van der Waals surface area contributed by atoms with Gasteiger partial charge in [0, 0.05) is 18.9 Å². The summed E-state index contributed by atoms with van der Waals surface area (Å²) in [6, 6.07) is 4.15. The van der Waals surface area contributed by atoms with Crippen LogP contribution in [-0.2, 0) is 7.05 Å². The Balaban J connectivity index is 2.95. The second kappa shape index (κ2) is 2.74. The summed E-state index contributed by atoms with van der Waals surface area (Å²) in [5, 5.41) is 0. The first-order valence-electron chi connectivity index (χ1n) is 3.46. The van der Waals surface area contributed by atoms with Crippen LogP contribution in [0.2, 0.25) is 0 Å². The lowest BCUT2D eigenvalue weighted by Crippen LogP contribution is -1.86. The van der Waals surface area contributed by atoms with Crippen LogP contribution >= 0.6 is 0 Å². The molecule has 0 spiro atoms. The van der Waals surface area contributed by atoms with Crippen LogP contribution in [0.15, 0.2) is 23.9 Å². The third kappa shape index (κ3) is 1.50. The molecule has 0 aliphatic heterocycles. The molecule has 1 aromatic heterocycles. The summed E-state index contributed by atoms with van der Waals surface area (Å²) in [5.41, 5.74) is 2.60. The molecule has 1 aromatic rings. The van der Waals surface area contributed by atoms with E-state index in [4.69, 9.17) is 0 Å². The van der Waals surface area contributed by atoms with Crippen molar-refractivity contribution in [3.05, 3.63) is 29.6 Å². The minimum Gasteiger partial charge on any atom is -0.351 e. The van der Waals surface area contributed by atoms with Gasteiger partial charge in [0.25, 0.3) is 0 Å². The maximum absolute atomic E-state index is 2.17. The van der Waals surface area contributed by atoms with Crippen molar-refractivity contribution in [2.24, 2.45) is 7.05 Å². The van der Waals surface area contributed by atoms with Crippen LogP contribution in [0, 0.1) is 0 Å². The number of aryl methyl sites for hydroxylation is 1. The predicted octanol–water partition coefficient (Wildman–Crippen LogP) is 2.45. The molecule has 0 aliphatic carbocycles. The highest BCUT2D eigenvalue weighted by molar-refractivity contribution is 5.48. The van der Waals surface area contributed by atoms with Gasteiger partial charge in [0.05, 0.1) is 0 Å². The Hall–Kier alpha value is -0.980. The van der Waals surface area contributed by atoms with Gasteiger partial charge in [-0.15, -0.1) is 0 Å². The highest BCUT2D eigenvalue weighted by Gasteiger charge is 1.89. The highest BCUT2D eigenvalue weighted by atomic mass is 14.9. The molecule has 54 valence electrons. The number of nitrogens with zero attached hydrogens (tertiary/aromatic N) is 1. The lowest BCUT2D eigenvalue weighted by molar-refractivity contribution is 0.913. The van der Waals surface area contributed by atoms with E-state index < -0.39 is 0 Å². The summed E-state index contributed by atoms with van der Waals surface area (Å²) >= 11 is 0. The molecule has 0 unspecified atom stereocenters. The highest BCUT2D eigenvalue weighted by Crippen LogP contribution is 2.05. The molecular weight excluding hydrogens is 122 g/mol. The van der Waals surface area contributed by atoms with Gasteiger partial charge in [0.15, 0.2) is 0 Å². The van der Waals surface area contributed by atoms with Crippen molar-refractivity contribution in [1.29, 1.82) is 0 Å². The van der Waals surface area contributed by atoms with E-state index in [1.54, 1.807) is 0 Å². The molecule has 0 aromatic carbocycles. The average Bonchev–Trinajstić information content (AvgIpc) is 2.15. The Morgan fingerprint density at radius 1 is 1.50 bits per heavy atom. The van der Waals surface area contributed by atoms with Crippen LogP contribution in [0.4, 0.5) is 0 Å². The fraction of sp³-hybridized carbons (Fsp3) is 0.333. The van der Waals surface area contributed by atoms with Crippen LogP contribution in [0.25, 0.3) is 6.08 Å². The van der Waals surface area contributed by atoms with Gasteiger partial charge >= 0.3 is 0 Å². The molecule has 0 aliphatic rings. The van der Waals surface area contributed by atoms with Crippen LogP contribution in [0.1, 0.15) is 19.5 Å². The first-order chi connectivity index (χ1) is 4.70. The molecular formula is C9H13N. The van der Waals surface area contributed by atoms with Crippen LogP contribution in [0.3, 0.4) is 0 Å². The van der Waals surface area contributed by atoms with E-state index in [-0.39, 0.29) is 0 Å². The van der Waals surface area contributed by atoms with E-state index in [1.807, 2.05) is 0 Å². The summed E-state index contributed by atoms with van der Waals surface area (Å²) in [6.07, 6.45) is 4.22. The molecule has 0 saturated carbocycles. The number of aromatic nitrogens is 1. The molecule has 0 atom stereocenters. The minimum absolute atomic E-state index is 1.26. The second-order valence-corrected chi connectivity index (χ2v) is 2.77. The van der Waals surface area contributed by atoms with Crippen molar-refractivity contribution in [2.75, 3.05) is 0 Å². The van der Waals surface area contributed by atoms with E-state index in [0.29, 0.717) is 0 Å². The van der Waals surface area contributed by atoms with E-state index >= 15 is 0 Å². The topological polar surface area (TPSA) is 4.93 Å². The second-order valence-electron chi connectivity index (χ2n) is 2.77. The summed E-state index contributed by atoms with van der Waals surface area (Å²) in [5.74, 6) is 0. The summed E-state index contributed by atoms with van der Waals surface area (Å²) in [6.45, 7) is 4.21. The van der Waals surface area contributed by atoms with Gasteiger partial charge in [0.2, 0.25) is 0 Å². The SMILES string of the molecule is CC(C)=Cc1cccn1C. The van der Waals surface area contributed by atoms with Gasteiger partial charge in [-0.25, -0.2) is 0 Å². The van der Waals surface area contributed by atoms with Gasteiger partial charge in [-0.3, -0.25) is 0 Å². The van der Waals surface area contributed by atoms with Gasteiger partial charge in [-0.05, 0) is 32.1 Å². The van der Waals surface area contributed by atoms with E-state index in [1.165, 1.54) is 11.3 Å². The van der Waals surface area contributed by atoms with Crippen molar-refractivity contribution in [2.45, 2.75) is 13.8 Å². The third-order valence-corrected chi connectivity index (χ3v) is 1.42. The zero-order valence-corrected chi connectivity index (χ0v) is 6.76. The smallest absolute Gasteiger partial charge is 0.0403 e. The number of hydrogen-bond acceptors (Lipinski definition) is 0. The number of hydrogen-bond donors (Lipinski definition) is 0. The zero-order chi connectivity index (χ0) is 7.56. The normalized spacial score (nSPS) is 9.50. The quantitative estimate of drug-likeness (QED) is 0.557. The van der Waals surface area contributed by atoms with Crippen LogP contribution < -0.4 is 0 Å². The molecule has 0 saturated heterocycles. The molecule has 0 bridgehead atoms. The molecule has 0 radical (unpaired) electrons. The number of allylic oxidation sites excluding steroid dienone is 1. The summed E-state index contributed by atoms with van der Waals surface area (Å²) < 4.78 is 2.10. The predicted molar refractivity (Wildman–Crippen MR) is 44.7 cm³/mol. The molecule has 0 fully saturated rings. The Kier molecular flexibility index (Phi) is 1.95. The first-order valence-corrected chi connectivity index (χ1v) is 3.46. The Morgan fingerprint density at radius 3 is 2.60 bits per heavy atom. The van der Waals surface area contributed by atoms with Gasteiger partial charge in [0.1, 0.15) is 0 Å². The van der Waals surface area contributed by atoms with Crippen molar-refractivity contribution < 1.29 is 0 Å². The van der Waals surface area contributed by atoms with Crippen LogP contribution in [0.5, 0.6) is 0 Å². The van der Waals surface area contributed by atoms with Crippen molar-refractivity contribution in [1.82, 2.24) is 4.57 Å². The standard InChI is InChI=1S/C9H13N/c1-8(2)7-9-5-4-6-10(9)3/h4-7H,1-3H3. The van der Waals surface area contributed by atoms with E-state index in [0.717, 1.165) is 0 Å². The first kappa shape index (κ1) is 7.13. The summed E-state index contributed by atoms with van der Waals surface area (Å²) in [7, 11) is 2.05. The zero-order valence-electron chi connectivity index (χ0n) is 6.76. The maximum Gasteiger partial charge on any atom is 0.0403 e. The monoisotopic (exact) mass is 135 g/mol. The molecule has 10 heavy (non-hydrogen) atoms. The van der Waals surface area contributed by atoms with Crippen molar-refractivity contribution in [3.63, 3.8) is 0 Å². The number of rotatable bonds is 1. The molecule has 1 nitrogen and oxygen atoms in total. The third-order valence-electron chi connectivity index (χ3n) is 1.42. The van der Waals surface area contributed by atoms with Gasteiger partial charge in [-0.2, -0.15) is 0 Å². The molecule has 1 heterocycles. The average molecular weight is 135 g/mol. The van der Waals surface area contributed by atoms with Crippen molar-refractivity contribution >= 4 is 6.08 Å². The fourth-order valence-corrected chi connectivity index (χ4v) is 0.920. The lowest BCUT2D eigenvalue weighted by Gasteiger charge is -1.95. The van der Waals surface area contributed by atoms with Gasteiger partial charge < -0.3 is 4.57 Å². The molecule has 0 amide bonds. The molecule has 1 heteroatoms. The Bertz CT molecular complexity index is 239. The molecule has 0 N–H and O–H groups in total. The van der Waals surface area contributed by atoms with E-state index in [9.17, 15) is 0 Å². The fourth-order valence-electron chi connectivity index (χ4n) is 0.920. The van der Waals surface area contributed by atoms with E-state index in [2.05, 4.69) is 49.9 Å². The van der Waals surface area contributed by atoms with Gasteiger partial charge in [-0.1, -0.05) is 5.57 Å². The Labute approximate surface area is 62.0 Å². The maximum atomic E-state index is 2.17. The van der Waals surface area contributed by atoms with Crippen molar-refractivity contribution in [3.8, 4) is 0 Å². The minimum atomic E-state index is 1.26. The summed E-state index contributed by atoms with van der Waals surface area (Å²) in [4.78, 5) is 0. The Morgan fingerprint density at radius 2 is 2.20 bits per heavy atom. The molecule has 1 rings (SSSR count). The lowest BCUT2D eigenvalue weighted by atomic mass is 10.3.